The number of hydrogen-bond donors (Lipinski definition) is 1. The molecule has 1 heterocycles. The zero-order valence-electron chi connectivity index (χ0n) is 13.7. The SMILES string of the molecule is C[C@@H](Sc1cc(Cl)ccc1Cl)C(=O)NCCC(=O)N1CCCCC1. The van der Waals surface area contributed by atoms with Crippen molar-refractivity contribution in [2.24, 2.45) is 0 Å². The van der Waals surface area contributed by atoms with E-state index in [9.17, 15) is 9.59 Å². The van der Waals surface area contributed by atoms with Crippen LogP contribution in [0.2, 0.25) is 10.0 Å². The molecule has 1 aliphatic heterocycles. The summed E-state index contributed by atoms with van der Waals surface area (Å²) >= 11 is 13.4. The predicted octanol–water partition coefficient (Wildman–Crippen LogP) is 3.99. The number of rotatable bonds is 6. The van der Waals surface area contributed by atoms with Gasteiger partial charge in [0.05, 0.1) is 10.3 Å². The fraction of sp³-hybridized carbons (Fsp3) is 0.529. The van der Waals surface area contributed by atoms with E-state index in [0.717, 1.165) is 30.8 Å². The monoisotopic (exact) mass is 388 g/mol. The summed E-state index contributed by atoms with van der Waals surface area (Å²) < 4.78 is 0. The average Bonchev–Trinajstić information content (AvgIpc) is 2.58. The van der Waals surface area contributed by atoms with Gasteiger partial charge in [0.25, 0.3) is 0 Å². The lowest BCUT2D eigenvalue weighted by Crippen LogP contribution is -2.39. The summed E-state index contributed by atoms with van der Waals surface area (Å²) in [5.74, 6) is 0.00989. The number of nitrogens with one attached hydrogen (secondary N) is 1. The van der Waals surface area contributed by atoms with Crippen molar-refractivity contribution in [1.82, 2.24) is 10.2 Å². The number of piperidine rings is 1. The first-order valence-corrected chi connectivity index (χ1v) is 9.78. The first-order valence-electron chi connectivity index (χ1n) is 8.14. The van der Waals surface area contributed by atoms with Crippen molar-refractivity contribution in [2.75, 3.05) is 19.6 Å². The highest BCUT2D eigenvalue weighted by molar-refractivity contribution is 8.00. The summed E-state index contributed by atoms with van der Waals surface area (Å²) in [6.45, 7) is 3.85. The Labute approximate surface area is 157 Å². The number of carbonyl (C=O) groups is 2. The molecule has 2 rings (SSSR count). The molecule has 1 N–H and O–H groups in total. The van der Waals surface area contributed by atoms with Crippen molar-refractivity contribution in [3.8, 4) is 0 Å². The number of thioether (sulfide) groups is 1. The standard InChI is InChI=1S/C17H22Cl2N2O2S/c1-12(24-15-11-13(18)5-6-14(15)19)17(23)20-8-7-16(22)21-9-3-2-4-10-21/h5-6,11-12H,2-4,7-10H2,1H3,(H,20,23)/t12-/m1/s1. The van der Waals surface area contributed by atoms with E-state index in [1.807, 2.05) is 11.8 Å². The van der Waals surface area contributed by atoms with Crippen LogP contribution in [0.25, 0.3) is 0 Å². The van der Waals surface area contributed by atoms with Crippen molar-refractivity contribution in [2.45, 2.75) is 42.8 Å². The molecule has 0 saturated carbocycles. The number of carbonyl (C=O) groups excluding carboxylic acids is 2. The van der Waals surface area contributed by atoms with Gasteiger partial charge < -0.3 is 10.2 Å². The van der Waals surface area contributed by atoms with E-state index in [1.165, 1.54) is 18.2 Å². The number of hydrogen-bond acceptors (Lipinski definition) is 3. The summed E-state index contributed by atoms with van der Waals surface area (Å²) in [7, 11) is 0. The number of halogens is 2. The normalized spacial score (nSPS) is 15.9. The van der Waals surface area contributed by atoms with E-state index in [1.54, 1.807) is 18.2 Å². The van der Waals surface area contributed by atoms with Crippen LogP contribution < -0.4 is 5.32 Å². The fourth-order valence-electron chi connectivity index (χ4n) is 2.55. The number of likely N-dealkylation sites (tertiary alicyclic amines) is 1. The van der Waals surface area contributed by atoms with Gasteiger partial charge in [0.1, 0.15) is 0 Å². The first-order chi connectivity index (χ1) is 11.5. The minimum absolute atomic E-state index is 0.109. The van der Waals surface area contributed by atoms with Gasteiger partial charge in [-0.2, -0.15) is 0 Å². The molecule has 7 heteroatoms. The molecule has 1 aliphatic rings. The average molecular weight is 389 g/mol. The van der Waals surface area contributed by atoms with Crippen LogP contribution in [0.4, 0.5) is 0 Å². The second-order valence-electron chi connectivity index (χ2n) is 5.82. The van der Waals surface area contributed by atoms with Crippen molar-refractivity contribution >= 4 is 46.8 Å². The van der Waals surface area contributed by atoms with Crippen LogP contribution in [0.15, 0.2) is 23.1 Å². The van der Waals surface area contributed by atoms with Crippen LogP contribution in [0.5, 0.6) is 0 Å². The van der Waals surface area contributed by atoms with E-state index < -0.39 is 0 Å². The second-order valence-corrected chi connectivity index (χ2v) is 8.04. The molecular formula is C17H22Cl2N2O2S. The molecule has 24 heavy (non-hydrogen) atoms. The van der Waals surface area contributed by atoms with Gasteiger partial charge in [0.15, 0.2) is 0 Å². The van der Waals surface area contributed by atoms with E-state index in [0.29, 0.717) is 23.0 Å². The third-order valence-electron chi connectivity index (χ3n) is 3.91. The van der Waals surface area contributed by atoms with Crippen molar-refractivity contribution in [3.63, 3.8) is 0 Å². The second kappa shape index (κ2) is 9.54. The molecule has 1 aromatic rings. The molecule has 0 aliphatic carbocycles. The van der Waals surface area contributed by atoms with Crippen LogP contribution in [-0.2, 0) is 9.59 Å². The van der Waals surface area contributed by atoms with Crippen LogP contribution in [0.3, 0.4) is 0 Å². The topological polar surface area (TPSA) is 49.4 Å². The van der Waals surface area contributed by atoms with E-state index >= 15 is 0 Å². The third-order valence-corrected chi connectivity index (χ3v) is 5.75. The van der Waals surface area contributed by atoms with Gasteiger partial charge in [-0.05, 0) is 44.4 Å². The summed E-state index contributed by atoms with van der Waals surface area (Å²) in [5, 5.41) is 3.67. The lowest BCUT2D eigenvalue weighted by Gasteiger charge is -2.26. The lowest BCUT2D eigenvalue weighted by atomic mass is 10.1. The number of benzene rings is 1. The molecule has 1 atom stereocenters. The molecule has 0 aromatic heterocycles. The van der Waals surface area contributed by atoms with Crippen molar-refractivity contribution in [1.29, 1.82) is 0 Å². The summed E-state index contributed by atoms with van der Waals surface area (Å²) in [6, 6.07) is 5.18. The summed E-state index contributed by atoms with van der Waals surface area (Å²) in [5.41, 5.74) is 0. The van der Waals surface area contributed by atoms with Gasteiger partial charge in [-0.25, -0.2) is 0 Å². The Kier molecular flexibility index (Phi) is 7.72. The Morgan fingerprint density at radius 1 is 1.25 bits per heavy atom. The van der Waals surface area contributed by atoms with Crippen LogP contribution in [-0.4, -0.2) is 41.6 Å². The molecular weight excluding hydrogens is 367 g/mol. The van der Waals surface area contributed by atoms with Gasteiger partial charge in [-0.15, -0.1) is 11.8 Å². The van der Waals surface area contributed by atoms with Crippen LogP contribution in [0.1, 0.15) is 32.6 Å². The molecule has 2 amide bonds. The van der Waals surface area contributed by atoms with Crippen LogP contribution >= 0.6 is 35.0 Å². The molecule has 1 fully saturated rings. The fourth-order valence-corrected chi connectivity index (χ4v) is 3.98. The van der Waals surface area contributed by atoms with E-state index in [2.05, 4.69) is 5.32 Å². The van der Waals surface area contributed by atoms with E-state index in [-0.39, 0.29) is 17.1 Å². The number of nitrogens with zero attached hydrogens (tertiary/aromatic N) is 1. The molecule has 0 spiro atoms. The Bertz CT molecular complexity index is 592. The highest BCUT2D eigenvalue weighted by Gasteiger charge is 2.18. The Morgan fingerprint density at radius 2 is 1.96 bits per heavy atom. The highest BCUT2D eigenvalue weighted by Crippen LogP contribution is 2.32. The third kappa shape index (κ3) is 5.87. The Morgan fingerprint density at radius 3 is 2.67 bits per heavy atom. The van der Waals surface area contributed by atoms with Crippen molar-refractivity contribution in [3.05, 3.63) is 28.2 Å². The zero-order valence-corrected chi connectivity index (χ0v) is 16.0. The Balaban J connectivity index is 1.75. The van der Waals surface area contributed by atoms with Gasteiger partial charge in [-0.1, -0.05) is 23.2 Å². The maximum Gasteiger partial charge on any atom is 0.233 e. The summed E-state index contributed by atoms with van der Waals surface area (Å²) in [4.78, 5) is 26.9. The first kappa shape index (κ1) is 19.4. The molecule has 1 aromatic carbocycles. The maximum atomic E-state index is 12.2. The number of amides is 2. The zero-order chi connectivity index (χ0) is 17.5. The van der Waals surface area contributed by atoms with Gasteiger partial charge in [0, 0.05) is 36.0 Å². The summed E-state index contributed by atoms with van der Waals surface area (Å²) in [6.07, 6.45) is 3.70. The maximum absolute atomic E-state index is 12.2. The molecule has 0 radical (unpaired) electrons. The molecule has 4 nitrogen and oxygen atoms in total. The Hall–Kier alpha value is -0.910. The van der Waals surface area contributed by atoms with Gasteiger partial charge in [-0.3, -0.25) is 9.59 Å². The van der Waals surface area contributed by atoms with Gasteiger partial charge >= 0.3 is 0 Å². The molecule has 0 unspecified atom stereocenters. The quantitative estimate of drug-likeness (QED) is 0.749. The van der Waals surface area contributed by atoms with E-state index in [4.69, 9.17) is 23.2 Å². The minimum Gasteiger partial charge on any atom is -0.355 e. The predicted molar refractivity (Wildman–Crippen MR) is 99.8 cm³/mol. The molecule has 132 valence electrons. The van der Waals surface area contributed by atoms with Crippen LogP contribution in [0, 0.1) is 0 Å². The van der Waals surface area contributed by atoms with Crippen molar-refractivity contribution < 1.29 is 9.59 Å². The minimum atomic E-state index is -0.314. The molecule has 1 saturated heterocycles. The van der Waals surface area contributed by atoms with Gasteiger partial charge in [0.2, 0.25) is 11.8 Å². The largest absolute Gasteiger partial charge is 0.355 e. The lowest BCUT2D eigenvalue weighted by molar-refractivity contribution is -0.132. The smallest absolute Gasteiger partial charge is 0.233 e. The molecule has 0 bridgehead atoms. The highest BCUT2D eigenvalue weighted by atomic mass is 35.5.